The summed E-state index contributed by atoms with van der Waals surface area (Å²) in [7, 11) is 0. The van der Waals surface area contributed by atoms with Crippen LogP contribution in [0.15, 0.2) is 54.8 Å². The van der Waals surface area contributed by atoms with Gasteiger partial charge in [0.1, 0.15) is 11.6 Å². The summed E-state index contributed by atoms with van der Waals surface area (Å²) in [5.74, 6) is 1.67. The largest absolute Gasteiger partial charge is 0.507 e. The van der Waals surface area contributed by atoms with Gasteiger partial charge in [0.05, 0.1) is 11.1 Å². The maximum atomic E-state index is 10.3. The highest BCUT2D eigenvalue weighted by Gasteiger charge is 2.14. The number of allylic oxidation sites excluding steroid dienone is 3. The van der Waals surface area contributed by atoms with Crippen molar-refractivity contribution >= 4 is 22.3 Å². The van der Waals surface area contributed by atoms with E-state index in [2.05, 4.69) is 42.3 Å². The average Bonchev–Trinajstić information content (AvgIpc) is 2.59. The van der Waals surface area contributed by atoms with E-state index >= 15 is 0 Å². The van der Waals surface area contributed by atoms with Crippen LogP contribution in [0.4, 0.5) is 5.82 Å². The maximum Gasteiger partial charge on any atom is 0.165 e. The second-order valence-corrected chi connectivity index (χ2v) is 6.93. The molecule has 0 saturated heterocycles. The SMILES string of the molecule is C=C/C(=C(/O)C(=C)C)c1nc(NCC(N)CC(C)C)c2ccccc2n1. The summed E-state index contributed by atoms with van der Waals surface area (Å²) in [6, 6.07) is 7.78. The Morgan fingerprint density at radius 1 is 1.31 bits per heavy atom. The van der Waals surface area contributed by atoms with E-state index in [1.54, 1.807) is 13.0 Å². The molecule has 0 bridgehead atoms. The first-order valence-corrected chi connectivity index (χ1v) is 8.81. The third-order valence-corrected chi connectivity index (χ3v) is 4.01. The van der Waals surface area contributed by atoms with E-state index in [0.717, 1.165) is 17.3 Å². The quantitative estimate of drug-likeness (QED) is 0.483. The van der Waals surface area contributed by atoms with Gasteiger partial charge in [-0.15, -0.1) is 0 Å². The number of aromatic nitrogens is 2. The van der Waals surface area contributed by atoms with Crippen LogP contribution in [-0.4, -0.2) is 27.7 Å². The monoisotopic (exact) mass is 352 g/mol. The van der Waals surface area contributed by atoms with Gasteiger partial charge in [0.25, 0.3) is 0 Å². The summed E-state index contributed by atoms with van der Waals surface area (Å²) in [5, 5.41) is 14.6. The molecule has 0 spiro atoms. The van der Waals surface area contributed by atoms with Crippen LogP contribution in [0.1, 0.15) is 33.0 Å². The molecule has 0 aliphatic rings. The van der Waals surface area contributed by atoms with Crippen LogP contribution in [0.2, 0.25) is 0 Å². The average molecular weight is 352 g/mol. The van der Waals surface area contributed by atoms with Gasteiger partial charge in [-0.1, -0.05) is 45.2 Å². The van der Waals surface area contributed by atoms with E-state index in [4.69, 9.17) is 5.73 Å². The highest BCUT2D eigenvalue weighted by molar-refractivity contribution is 5.91. The molecule has 1 atom stereocenters. The predicted octanol–water partition coefficient (Wildman–Crippen LogP) is 4.45. The maximum absolute atomic E-state index is 10.3. The fourth-order valence-corrected chi connectivity index (χ4v) is 2.77. The molecule has 1 aromatic carbocycles. The number of nitrogens with one attached hydrogen (secondary N) is 1. The van der Waals surface area contributed by atoms with Crippen LogP contribution >= 0.6 is 0 Å². The Morgan fingerprint density at radius 2 is 2.00 bits per heavy atom. The molecule has 26 heavy (non-hydrogen) atoms. The smallest absolute Gasteiger partial charge is 0.165 e. The number of hydrogen-bond donors (Lipinski definition) is 3. The lowest BCUT2D eigenvalue weighted by Gasteiger charge is -2.17. The molecular weight excluding hydrogens is 324 g/mol. The Balaban J connectivity index is 2.47. The molecule has 0 aliphatic heterocycles. The number of aliphatic hydroxyl groups is 1. The van der Waals surface area contributed by atoms with Crippen LogP contribution in [0.3, 0.4) is 0 Å². The molecule has 138 valence electrons. The van der Waals surface area contributed by atoms with E-state index in [0.29, 0.717) is 35.3 Å². The number of nitrogens with two attached hydrogens (primary N) is 1. The second-order valence-electron chi connectivity index (χ2n) is 6.93. The molecule has 2 aromatic rings. The summed E-state index contributed by atoms with van der Waals surface area (Å²) in [6.45, 7) is 14.2. The zero-order chi connectivity index (χ0) is 19.3. The molecule has 0 radical (unpaired) electrons. The third-order valence-electron chi connectivity index (χ3n) is 4.01. The Kier molecular flexibility index (Phi) is 6.52. The van der Waals surface area contributed by atoms with Crippen molar-refractivity contribution in [2.75, 3.05) is 11.9 Å². The minimum atomic E-state index is 0.0328. The highest BCUT2D eigenvalue weighted by Crippen LogP contribution is 2.26. The van der Waals surface area contributed by atoms with Crippen LogP contribution in [0.5, 0.6) is 0 Å². The van der Waals surface area contributed by atoms with Gasteiger partial charge in [-0.2, -0.15) is 0 Å². The van der Waals surface area contributed by atoms with Gasteiger partial charge in [-0.05, 0) is 37.0 Å². The van der Waals surface area contributed by atoms with Gasteiger partial charge in [-0.3, -0.25) is 0 Å². The molecule has 0 amide bonds. The van der Waals surface area contributed by atoms with Crippen LogP contribution in [0, 0.1) is 5.92 Å². The van der Waals surface area contributed by atoms with E-state index in [9.17, 15) is 5.11 Å². The second kappa shape index (κ2) is 8.63. The molecule has 5 nitrogen and oxygen atoms in total. The lowest BCUT2D eigenvalue weighted by atomic mass is 10.0. The van der Waals surface area contributed by atoms with Crippen molar-refractivity contribution in [2.45, 2.75) is 33.2 Å². The Bertz CT molecular complexity index is 839. The molecular formula is C21H28N4O. The Morgan fingerprint density at radius 3 is 2.62 bits per heavy atom. The van der Waals surface area contributed by atoms with E-state index in [1.165, 1.54) is 0 Å². The topological polar surface area (TPSA) is 84.1 Å². The van der Waals surface area contributed by atoms with Gasteiger partial charge in [0.2, 0.25) is 0 Å². The zero-order valence-electron chi connectivity index (χ0n) is 15.8. The molecule has 2 rings (SSSR count). The minimum Gasteiger partial charge on any atom is -0.507 e. The van der Waals surface area contributed by atoms with Gasteiger partial charge in [-0.25, -0.2) is 9.97 Å². The Labute approximate surface area is 155 Å². The van der Waals surface area contributed by atoms with Gasteiger partial charge < -0.3 is 16.2 Å². The number of aliphatic hydroxyl groups excluding tert-OH is 1. The summed E-state index contributed by atoms with van der Waals surface area (Å²) >= 11 is 0. The number of rotatable bonds is 8. The van der Waals surface area contributed by atoms with E-state index < -0.39 is 0 Å². The first-order valence-electron chi connectivity index (χ1n) is 8.81. The number of anilines is 1. The van der Waals surface area contributed by atoms with Crippen molar-refractivity contribution in [1.82, 2.24) is 9.97 Å². The van der Waals surface area contributed by atoms with Gasteiger partial charge >= 0.3 is 0 Å². The summed E-state index contributed by atoms with van der Waals surface area (Å²) in [5.41, 5.74) is 7.97. The van der Waals surface area contributed by atoms with Gasteiger partial charge in [0.15, 0.2) is 5.82 Å². The molecule has 1 heterocycles. The van der Waals surface area contributed by atoms with E-state index in [1.807, 2.05) is 24.3 Å². The summed E-state index contributed by atoms with van der Waals surface area (Å²) in [6.07, 6.45) is 2.47. The van der Waals surface area contributed by atoms with Crippen molar-refractivity contribution in [3.63, 3.8) is 0 Å². The van der Waals surface area contributed by atoms with Crippen LogP contribution in [0.25, 0.3) is 16.5 Å². The van der Waals surface area contributed by atoms with Crippen LogP contribution < -0.4 is 11.1 Å². The minimum absolute atomic E-state index is 0.0328. The van der Waals surface area contributed by atoms with Crippen molar-refractivity contribution in [3.05, 3.63) is 60.7 Å². The van der Waals surface area contributed by atoms with Crippen molar-refractivity contribution in [1.29, 1.82) is 0 Å². The normalized spacial score (nSPS) is 13.4. The number of nitrogens with zero attached hydrogens (tertiary/aromatic N) is 2. The number of para-hydroxylation sites is 1. The number of hydrogen-bond acceptors (Lipinski definition) is 5. The molecule has 0 fully saturated rings. The van der Waals surface area contributed by atoms with Crippen molar-refractivity contribution in [3.8, 4) is 0 Å². The molecule has 1 unspecified atom stereocenters. The Hall–Kier alpha value is -2.66. The lowest BCUT2D eigenvalue weighted by molar-refractivity contribution is 0.427. The number of benzene rings is 1. The standard InChI is InChI=1S/C21H28N4O/c1-6-16(19(26)14(4)5)21-24-18-10-8-7-9-17(18)20(25-21)23-12-15(22)11-13(2)3/h6-10,13,15,26H,1,4,11-12,22H2,2-3,5H3,(H,23,24,25)/b19-16-. The van der Waals surface area contributed by atoms with Crippen LogP contribution in [-0.2, 0) is 0 Å². The fourth-order valence-electron chi connectivity index (χ4n) is 2.77. The highest BCUT2D eigenvalue weighted by atomic mass is 16.3. The van der Waals surface area contributed by atoms with Crippen molar-refractivity contribution < 1.29 is 5.11 Å². The van der Waals surface area contributed by atoms with Crippen molar-refractivity contribution in [2.24, 2.45) is 11.7 Å². The molecule has 4 N–H and O–H groups in total. The summed E-state index contributed by atoms with van der Waals surface area (Å²) in [4.78, 5) is 9.19. The predicted molar refractivity (Wildman–Crippen MR) is 110 cm³/mol. The lowest BCUT2D eigenvalue weighted by Crippen LogP contribution is -2.30. The van der Waals surface area contributed by atoms with Gasteiger partial charge in [0, 0.05) is 18.0 Å². The molecule has 0 saturated carbocycles. The molecule has 5 heteroatoms. The fraction of sp³-hybridized carbons (Fsp3) is 0.333. The number of fused-ring (bicyclic) bond motifs is 1. The first kappa shape index (κ1) is 19.7. The third kappa shape index (κ3) is 4.70. The molecule has 0 aliphatic carbocycles. The zero-order valence-corrected chi connectivity index (χ0v) is 15.8. The summed E-state index contributed by atoms with van der Waals surface area (Å²) < 4.78 is 0. The molecule has 1 aromatic heterocycles. The van der Waals surface area contributed by atoms with E-state index in [-0.39, 0.29) is 11.8 Å². The first-order chi connectivity index (χ1) is 12.3.